The minimum Gasteiger partial charge on any atom is -0.494 e. The van der Waals surface area contributed by atoms with Crippen LogP contribution in [0.3, 0.4) is 0 Å². The van der Waals surface area contributed by atoms with Gasteiger partial charge in [-0.2, -0.15) is 0 Å². The maximum absolute atomic E-state index is 12.4. The Morgan fingerprint density at radius 3 is 2.62 bits per heavy atom. The maximum atomic E-state index is 12.4. The van der Waals surface area contributed by atoms with E-state index in [-0.39, 0.29) is 5.91 Å². The number of hydrogen-bond acceptors (Lipinski definition) is 2. The van der Waals surface area contributed by atoms with E-state index in [9.17, 15) is 4.79 Å². The van der Waals surface area contributed by atoms with Crippen LogP contribution in [0.2, 0.25) is 0 Å². The Balaban J connectivity index is 1.74. The quantitative estimate of drug-likeness (QED) is 0.753. The third kappa shape index (κ3) is 3.40. The summed E-state index contributed by atoms with van der Waals surface area (Å²) in [5.74, 6) is 0.747. The minimum absolute atomic E-state index is 0.0749. The highest BCUT2D eigenvalue weighted by Crippen LogP contribution is 2.20. The molecule has 3 aromatic rings. The highest BCUT2D eigenvalue weighted by atomic mass is 16.5. The lowest BCUT2D eigenvalue weighted by molar-refractivity contribution is 0.0951. The molecule has 0 aliphatic carbocycles. The molecule has 0 aliphatic heterocycles. The van der Waals surface area contributed by atoms with Gasteiger partial charge in [0.15, 0.2) is 0 Å². The topological polar surface area (TPSA) is 38.3 Å². The molecular weight excluding hydrogens is 298 g/mol. The first-order valence-electron chi connectivity index (χ1n) is 8.17. The number of aryl methyl sites for hydroxylation is 1. The van der Waals surface area contributed by atoms with Crippen molar-refractivity contribution in [1.82, 2.24) is 5.32 Å². The zero-order valence-corrected chi connectivity index (χ0v) is 14.0. The van der Waals surface area contributed by atoms with Crippen molar-refractivity contribution >= 4 is 16.7 Å². The fourth-order valence-electron chi connectivity index (χ4n) is 2.83. The molecular formula is C21H21NO2. The smallest absolute Gasteiger partial charge is 0.251 e. The third-order valence-corrected chi connectivity index (χ3v) is 4.06. The molecule has 0 unspecified atom stereocenters. The maximum Gasteiger partial charge on any atom is 0.251 e. The summed E-state index contributed by atoms with van der Waals surface area (Å²) in [5, 5.41) is 5.36. The lowest BCUT2D eigenvalue weighted by Crippen LogP contribution is -2.23. The Bertz CT molecular complexity index is 865. The van der Waals surface area contributed by atoms with Gasteiger partial charge in [0, 0.05) is 12.1 Å². The fraction of sp³-hybridized carbons (Fsp3) is 0.190. The zero-order valence-electron chi connectivity index (χ0n) is 14.0. The van der Waals surface area contributed by atoms with Crippen LogP contribution in [0, 0.1) is 6.92 Å². The van der Waals surface area contributed by atoms with Crippen LogP contribution in [-0.4, -0.2) is 12.5 Å². The number of amides is 1. The van der Waals surface area contributed by atoms with E-state index in [2.05, 4.69) is 23.5 Å². The molecule has 0 spiro atoms. The number of hydrogen-bond donors (Lipinski definition) is 1. The largest absolute Gasteiger partial charge is 0.494 e. The Morgan fingerprint density at radius 1 is 1.04 bits per heavy atom. The number of carbonyl (C=O) groups excluding carboxylic acids is 1. The Kier molecular flexibility index (Phi) is 4.80. The molecule has 0 saturated heterocycles. The highest BCUT2D eigenvalue weighted by Gasteiger charge is 2.09. The van der Waals surface area contributed by atoms with Crippen molar-refractivity contribution in [2.75, 3.05) is 6.61 Å². The van der Waals surface area contributed by atoms with Crippen molar-refractivity contribution in [3.63, 3.8) is 0 Å². The molecule has 0 saturated carbocycles. The van der Waals surface area contributed by atoms with Gasteiger partial charge in [-0.3, -0.25) is 4.79 Å². The molecule has 3 rings (SSSR count). The van der Waals surface area contributed by atoms with E-state index >= 15 is 0 Å². The van der Waals surface area contributed by atoms with Crippen molar-refractivity contribution in [3.05, 3.63) is 77.4 Å². The Hall–Kier alpha value is -2.81. The predicted molar refractivity (Wildman–Crippen MR) is 97.5 cm³/mol. The van der Waals surface area contributed by atoms with Gasteiger partial charge in [0.2, 0.25) is 0 Å². The Morgan fingerprint density at radius 2 is 1.83 bits per heavy atom. The van der Waals surface area contributed by atoms with Crippen molar-refractivity contribution in [1.29, 1.82) is 0 Å². The molecule has 0 heterocycles. The van der Waals surface area contributed by atoms with Gasteiger partial charge in [-0.1, -0.05) is 42.5 Å². The molecule has 122 valence electrons. The molecule has 0 aromatic heterocycles. The molecule has 1 N–H and O–H groups in total. The highest BCUT2D eigenvalue weighted by molar-refractivity contribution is 5.95. The number of nitrogens with one attached hydrogen (secondary N) is 1. The summed E-state index contributed by atoms with van der Waals surface area (Å²) in [4.78, 5) is 12.4. The van der Waals surface area contributed by atoms with E-state index < -0.39 is 0 Å². The average molecular weight is 319 g/mol. The van der Waals surface area contributed by atoms with Gasteiger partial charge in [0.25, 0.3) is 5.91 Å². The third-order valence-electron chi connectivity index (χ3n) is 4.06. The van der Waals surface area contributed by atoms with Gasteiger partial charge in [0.05, 0.1) is 6.61 Å². The van der Waals surface area contributed by atoms with Gasteiger partial charge in [-0.05, 0) is 53.9 Å². The van der Waals surface area contributed by atoms with Gasteiger partial charge in [0.1, 0.15) is 5.75 Å². The summed E-state index contributed by atoms with van der Waals surface area (Å²) in [6.45, 7) is 5.02. The van der Waals surface area contributed by atoms with E-state index in [0.717, 1.165) is 16.9 Å². The first kappa shape index (κ1) is 16.1. The molecule has 3 nitrogen and oxygen atoms in total. The van der Waals surface area contributed by atoms with Crippen LogP contribution in [0.5, 0.6) is 5.75 Å². The zero-order chi connectivity index (χ0) is 16.9. The van der Waals surface area contributed by atoms with Crippen molar-refractivity contribution in [3.8, 4) is 5.75 Å². The van der Waals surface area contributed by atoms with Gasteiger partial charge < -0.3 is 10.1 Å². The van der Waals surface area contributed by atoms with Crippen LogP contribution in [0.25, 0.3) is 10.8 Å². The summed E-state index contributed by atoms with van der Waals surface area (Å²) < 4.78 is 5.52. The molecule has 0 aliphatic rings. The van der Waals surface area contributed by atoms with E-state index in [1.54, 1.807) is 6.07 Å². The van der Waals surface area contributed by atoms with E-state index in [0.29, 0.717) is 18.7 Å². The second kappa shape index (κ2) is 7.18. The lowest BCUT2D eigenvalue weighted by Gasteiger charge is -2.11. The monoisotopic (exact) mass is 319 g/mol. The summed E-state index contributed by atoms with van der Waals surface area (Å²) in [6.07, 6.45) is 0. The number of fused-ring (bicyclic) bond motifs is 1. The lowest BCUT2D eigenvalue weighted by atomic mass is 10.0. The van der Waals surface area contributed by atoms with Crippen molar-refractivity contribution in [2.24, 2.45) is 0 Å². The second-order valence-electron chi connectivity index (χ2n) is 5.73. The molecule has 1 amide bonds. The van der Waals surface area contributed by atoms with Crippen LogP contribution in [0.15, 0.2) is 60.7 Å². The fourth-order valence-corrected chi connectivity index (χ4v) is 2.83. The molecule has 0 fully saturated rings. The molecule has 24 heavy (non-hydrogen) atoms. The summed E-state index contributed by atoms with van der Waals surface area (Å²) >= 11 is 0. The predicted octanol–water partition coefficient (Wildman–Crippen LogP) is 4.48. The van der Waals surface area contributed by atoms with Gasteiger partial charge in [-0.25, -0.2) is 0 Å². The number of ether oxygens (including phenoxy) is 1. The van der Waals surface area contributed by atoms with Crippen LogP contribution < -0.4 is 10.1 Å². The summed E-state index contributed by atoms with van der Waals surface area (Å²) in [7, 11) is 0. The van der Waals surface area contributed by atoms with Crippen LogP contribution in [0.1, 0.15) is 28.4 Å². The first-order valence-corrected chi connectivity index (χ1v) is 8.17. The number of carbonyl (C=O) groups is 1. The molecule has 0 radical (unpaired) electrons. The van der Waals surface area contributed by atoms with E-state index in [4.69, 9.17) is 4.74 Å². The Labute approximate surface area is 142 Å². The minimum atomic E-state index is -0.0749. The van der Waals surface area contributed by atoms with Crippen LogP contribution in [-0.2, 0) is 6.54 Å². The van der Waals surface area contributed by atoms with Gasteiger partial charge >= 0.3 is 0 Å². The second-order valence-corrected chi connectivity index (χ2v) is 5.73. The average Bonchev–Trinajstić information content (AvgIpc) is 2.61. The van der Waals surface area contributed by atoms with Crippen LogP contribution in [0.4, 0.5) is 0 Å². The van der Waals surface area contributed by atoms with E-state index in [1.165, 1.54) is 10.8 Å². The summed E-state index contributed by atoms with van der Waals surface area (Å²) in [6, 6.07) is 19.9. The normalized spacial score (nSPS) is 10.6. The van der Waals surface area contributed by atoms with Crippen molar-refractivity contribution < 1.29 is 9.53 Å². The number of benzene rings is 3. The number of rotatable bonds is 5. The standard InChI is InChI=1S/C21H21NO2/c1-3-24-20-12-11-17(13-15(20)2)21(23)22-14-18-9-6-8-16-7-4-5-10-19(16)18/h4-13H,3,14H2,1-2H3,(H,22,23). The summed E-state index contributed by atoms with van der Waals surface area (Å²) in [5.41, 5.74) is 2.73. The molecule has 0 atom stereocenters. The van der Waals surface area contributed by atoms with Crippen molar-refractivity contribution in [2.45, 2.75) is 20.4 Å². The molecule has 0 bridgehead atoms. The molecule has 3 heteroatoms. The van der Waals surface area contributed by atoms with Crippen LogP contribution >= 0.6 is 0 Å². The molecule has 3 aromatic carbocycles. The van der Waals surface area contributed by atoms with Gasteiger partial charge in [-0.15, -0.1) is 0 Å². The van der Waals surface area contributed by atoms with E-state index in [1.807, 2.05) is 50.2 Å². The first-order chi connectivity index (χ1) is 11.7. The SMILES string of the molecule is CCOc1ccc(C(=O)NCc2cccc3ccccc23)cc1C.